The number of ether oxygens (including phenoxy) is 1. The molecule has 0 aliphatic carbocycles. The van der Waals surface area contributed by atoms with E-state index in [1.807, 2.05) is 30.3 Å². The lowest BCUT2D eigenvalue weighted by Crippen LogP contribution is -2.27. The van der Waals surface area contributed by atoms with Crippen molar-refractivity contribution in [3.8, 4) is 0 Å². The van der Waals surface area contributed by atoms with Gasteiger partial charge in [0.2, 0.25) is 6.86 Å². The Morgan fingerprint density at radius 3 is 2.53 bits per heavy atom. The molecule has 1 aromatic rings. The first-order valence-corrected chi connectivity index (χ1v) is 6.31. The largest absolute Gasteiger partial charge is 0.433 e. The van der Waals surface area contributed by atoms with Gasteiger partial charge in [-0.2, -0.15) is 0 Å². The van der Waals surface area contributed by atoms with E-state index >= 15 is 0 Å². The number of carbonyl (C=O) groups is 1. The van der Waals surface area contributed by atoms with Gasteiger partial charge in [-0.3, -0.25) is 4.79 Å². The van der Waals surface area contributed by atoms with Gasteiger partial charge in [-0.15, -0.1) is 0 Å². The minimum absolute atomic E-state index is 0.0471. The third-order valence-corrected chi connectivity index (χ3v) is 3.44. The number of esters is 1. The molecule has 0 aliphatic heterocycles. The quantitative estimate of drug-likeness (QED) is 0.607. The zero-order chi connectivity index (χ0) is 12.9. The van der Waals surface area contributed by atoms with Gasteiger partial charge in [0.15, 0.2) is 0 Å². The van der Waals surface area contributed by atoms with Crippen molar-refractivity contribution in [3.63, 3.8) is 0 Å². The average Bonchev–Trinajstić information content (AvgIpc) is 2.30. The van der Waals surface area contributed by atoms with Crippen LogP contribution in [0.15, 0.2) is 30.3 Å². The van der Waals surface area contributed by atoms with Crippen LogP contribution in [-0.4, -0.2) is 12.8 Å². The summed E-state index contributed by atoms with van der Waals surface area (Å²) in [5, 5.41) is 0. The van der Waals surface area contributed by atoms with Crippen LogP contribution in [0.3, 0.4) is 0 Å². The first kappa shape index (κ1) is 14.2. The van der Waals surface area contributed by atoms with Gasteiger partial charge in [0, 0.05) is 4.83 Å². The fourth-order valence-electron chi connectivity index (χ4n) is 1.56. The molecule has 0 amide bonds. The second-order valence-electron chi connectivity index (χ2n) is 4.51. The molecule has 94 valence electrons. The molecule has 1 unspecified atom stereocenters. The number of carbonyl (C=O) groups excluding carboxylic acids is 1. The van der Waals surface area contributed by atoms with E-state index in [2.05, 4.69) is 20.7 Å². The van der Waals surface area contributed by atoms with Crippen molar-refractivity contribution in [1.82, 2.24) is 0 Å². The summed E-state index contributed by atoms with van der Waals surface area (Å²) in [6.45, 7) is 2.44. The van der Waals surface area contributed by atoms with Crippen molar-refractivity contribution < 1.29 is 13.9 Å². The van der Waals surface area contributed by atoms with E-state index in [9.17, 15) is 9.18 Å². The van der Waals surface area contributed by atoms with Gasteiger partial charge < -0.3 is 4.74 Å². The predicted molar refractivity (Wildman–Crippen MR) is 68.6 cm³/mol. The van der Waals surface area contributed by atoms with Gasteiger partial charge in [-0.05, 0) is 25.8 Å². The van der Waals surface area contributed by atoms with Crippen LogP contribution in [-0.2, 0) is 9.53 Å². The first-order valence-electron chi connectivity index (χ1n) is 5.39. The monoisotopic (exact) mass is 302 g/mol. The van der Waals surface area contributed by atoms with Crippen molar-refractivity contribution in [2.24, 2.45) is 5.41 Å². The predicted octanol–water partition coefficient (Wildman–Crippen LogP) is 4.01. The van der Waals surface area contributed by atoms with Gasteiger partial charge in [-0.25, -0.2) is 4.39 Å². The maximum atomic E-state index is 12.0. The van der Waals surface area contributed by atoms with E-state index in [0.717, 1.165) is 5.56 Å². The summed E-state index contributed by atoms with van der Waals surface area (Å²) in [5.74, 6) is -0.514. The summed E-state index contributed by atoms with van der Waals surface area (Å²) in [4.78, 5) is 11.6. The molecule has 0 radical (unpaired) electrons. The lowest BCUT2D eigenvalue weighted by molar-refractivity contribution is -0.158. The van der Waals surface area contributed by atoms with Crippen LogP contribution >= 0.6 is 15.9 Å². The molecule has 0 N–H and O–H groups in total. The lowest BCUT2D eigenvalue weighted by atomic mass is 9.86. The van der Waals surface area contributed by atoms with Crippen molar-refractivity contribution in [2.75, 3.05) is 6.86 Å². The second-order valence-corrected chi connectivity index (χ2v) is 5.61. The normalized spacial score (nSPS) is 13.2. The van der Waals surface area contributed by atoms with E-state index in [4.69, 9.17) is 0 Å². The highest BCUT2D eigenvalue weighted by atomic mass is 79.9. The Labute approximate surface area is 109 Å². The molecule has 17 heavy (non-hydrogen) atoms. The molecule has 0 spiro atoms. The Balaban J connectivity index is 2.67. The fraction of sp³-hybridized carbons (Fsp3) is 0.462. The van der Waals surface area contributed by atoms with Gasteiger partial charge in [0.1, 0.15) is 0 Å². The minimum atomic E-state index is -1.07. The SMILES string of the molecule is CC(C)(CC(Br)c1ccccc1)C(=O)OCF. The van der Waals surface area contributed by atoms with Crippen LogP contribution in [0.2, 0.25) is 0 Å². The molecule has 1 aromatic carbocycles. The van der Waals surface area contributed by atoms with Gasteiger partial charge >= 0.3 is 5.97 Å². The number of halogens is 2. The minimum Gasteiger partial charge on any atom is -0.433 e. The van der Waals surface area contributed by atoms with E-state index in [1.54, 1.807) is 13.8 Å². The molecule has 0 heterocycles. The molecule has 0 aromatic heterocycles. The summed E-state index contributed by atoms with van der Waals surface area (Å²) < 4.78 is 16.4. The van der Waals surface area contributed by atoms with Crippen molar-refractivity contribution in [2.45, 2.75) is 25.1 Å². The van der Waals surface area contributed by atoms with Gasteiger partial charge in [-0.1, -0.05) is 46.3 Å². The number of rotatable bonds is 5. The lowest BCUT2D eigenvalue weighted by Gasteiger charge is -2.24. The Kier molecular flexibility index (Phi) is 5.12. The highest BCUT2D eigenvalue weighted by molar-refractivity contribution is 9.09. The van der Waals surface area contributed by atoms with Crippen LogP contribution in [0.1, 0.15) is 30.7 Å². The molecule has 2 nitrogen and oxygen atoms in total. The summed E-state index contributed by atoms with van der Waals surface area (Å²) in [5.41, 5.74) is 0.379. The maximum Gasteiger partial charge on any atom is 0.313 e. The standard InChI is InChI=1S/C13H16BrFO2/c1-13(2,12(16)17-9-15)8-11(14)10-6-4-3-5-7-10/h3-7,11H,8-9H2,1-2H3. The molecule has 0 aliphatic rings. The summed E-state index contributed by atoms with van der Waals surface area (Å²) in [7, 11) is 0. The van der Waals surface area contributed by atoms with Crippen LogP contribution in [0.5, 0.6) is 0 Å². The molecule has 0 saturated carbocycles. The molecule has 0 saturated heterocycles. The van der Waals surface area contributed by atoms with E-state index < -0.39 is 18.2 Å². The molecule has 1 rings (SSSR count). The van der Waals surface area contributed by atoms with Crippen molar-refractivity contribution >= 4 is 21.9 Å². The Morgan fingerprint density at radius 2 is 2.00 bits per heavy atom. The summed E-state index contributed by atoms with van der Waals surface area (Å²) in [6.07, 6.45) is 0.551. The highest BCUT2D eigenvalue weighted by Gasteiger charge is 2.32. The number of benzene rings is 1. The third-order valence-electron chi connectivity index (χ3n) is 2.59. The van der Waals surface area contributed by atoms with E-state index in [0.29, 0.717) is 6.42 Å². The molecule has 1 atom stereocenters. The second kappa shape index (κ2) is 6.15. The molecule has 0 bridgehead atoms. The van der Waals surface area contributed by atoms with Crippen LogP contribution in [0.4, 0.5) is 4.39 Å². The summed E-state index contributed by atoms with van der Waals surface area (Å²) >= 11 is 3.54. The summed E-state index contributed by atoms with van der Waals surface area (Å²) in [6, 6.07) is 9.78. The molecular formula is C13H16BrFO2. The van der Waals surface area contributed by atoms with Gasteiger partial charge in [0.25, 0.3) is 0 Å². The first-order chi connectivity index (χ1) is 7.97. The third kappa shape index (κ3) is 4.11. The van der Waals surface area contributed by atoms with Crippen LogP contribution in [0, 0.1) is 5.41 Å². The van der Waals surface area contributed by atoms with E-state index in [-0.39, 0.29) is 4.83 Å². The highest BCUT2D eigenvalue weighted by Crippen LogP contribution is 2.36. The smallest absolute Gasteiger partial charge is 0.313 e. The average molecular weight is 303 g/mol. The Morgan fingerprint density at radius 1 is 1.41 bits per heavy atom. The number of alkyl halides is 2. The van der Waals surface area contributed by atoms with Crippen molar-refractivity contribution in [3.05, 3.63) is 35.9 Å². The van der Waals surface area contributed by atoms with Gasteiger partial charge in [0.05, 0.1) is 5.41 Å². The fourth-order valence-corrected chi connectivity index (χ4v) is 2.67. The van der Waals surface area contributed by atoms with E-state index in [1.165, 1.54) is 0 Å². The van der Waals surface area contributed by atoms with Crippen LogP contribution in [0.25, 0.3) is 0 Å². The molecular weight excluding hydrogens is 287 g/mol. The topological polar surface area (TPSA) is 26.3 Å². The maximum absolute atomic E-state index is 12.0. The van der Waals surface area contributed by atoms with Crippen LogP contribution < -0.4 is 0 Å². The Bertz CT molecular complexity index is 365. The van der Waals surface area contributed by atoms with Crippen molar-refractivity contribution in [1.29, 1.82) is 0 Å². The molecule has 0 fully saturated rings. The zero-order valence-electron chi connectivity index (χ0n) is 9.95. The number of hydrogen-bond acceptors (Lipinski definition) is 2. The molecule has 4 heteroatoms. The zero-order valence-corrected chi connectivity index (χ0v) is 11.5. The Hall–Kier alpha value is -0.900. The number of hydrogen-bond donors (Lipinski definition) is 0.